The number of hydrogen-bond acceptors (Lipinski definition) is 3. The van der Waals surface area contributed by atoms with Crippen LogP contribution in [-0.4, -0.2) is 47.8 Å². The smallest absolute Gasteiger partial charge is 0.257 e. The molecule has 24 heavy (non-hydrogen) atoms. The Balaban J connectivity index is 1.67. The van der Waals surface area contributed by atoms with E-state index >= 15 is 0 Å². The Morgan fingerprint density at radius 2 is 1.54 bits per heavy atom. The summed E-state index contributed by atoms with van der Waals surface area (Å²) in [5.41, 5.74) is 0.947. The molecule has 1 saturated heterocycles. The predicted octanol–water partition coefficient (Wildman–Crippen LogP) is 3.49. The van der Waals surface area contributed by atoms with E-state index in [-0.39, 0.29) is 16.8 Å². The summed E-state index contributed by atoms with van der Waals surface area (Å²) >= 11 is 12.1. The summed E-state index contributed by atoms with van der Waals surface area (Å²) in [5.74, 6) is 0.354. The van der Waals surface area contributed by atoms with Crippen molar-refractivity contribution in [3.63, 3.8) is 0 Å². The molecule has 0 spiro atoms. The van der Waals surface area contributed by atoms with Crippen LogP contribution in [0.3, 0.4) is 0 Å². The molecule has 126 valence electrons. The van der Waals surface area contributed by atoms with Crippen molar-refractivity contribution in [2.45, 2.75) is 6.92 Å². The third-order valence-electron chi connectivity index (χ3n) is 4.13. The van der Waals surface area contributed by atoms with Gasteiger partial charge in [0.2, 0.25) is 0 Å². The lowest BCUT2D eigenvalue weighted by Gasteiger charge is -2.34. The summed E-state index contributed by atoms with van der Waals surface area (Å²) in [5, 5.41) is 0.614. The standard InChI is InChI=1S/C17H16Cl2N2O3/c1-11-12(5-10-24-11)16(22)20-6-8-21(9-7-20)17(23)13-3-2-4-14(18)15(13)19/h2-5,10H,6-9H2,1H3. The maximum atomic E-state index is 12.6. The third-order valence-corrected chi connectivity index (χ3v) is 4.94. The van der Waals surface area contributed by atoms with Gasteiger partial charge in [0, 0.05) is 26.2 Å². The topological polar surface area (TPSA) is 53.8 Å². The molecule has 1 aromatic carbocycles. The monoisotopic (exact) mass is 366 g/mol. The van der Waals surface area contributed by atoms with Gasteiger partial charge in [-0.1, -0.05) is 29.3 Å². The minimum absolute atomic E-state index is 0.0749. The van der Waals surface area contributed by atoms with Crippen LogP contribution in [0.4, 0.5) is 0 Å². The molecule has 2 amide bonds. The lowest BCUT2D eigenvalue weighted by atomic mass is 10.1. The van der Waals surface area contributed by atoms with Crippen molar-refractivity contribution in [3.8, 4) is 0 Å². The number of benzene rings is 1. The van der Waals surface area contributed by atoms with Gasteiger partial charge in [0.1, 0.15) is 5.76 Å². The molecule has 1 aliphatic heterocycles. The number of aryl methyl sites for hydroxylation is 1. The zero-order valence-corrected chi connectivity index (χ0v) is 14.6. The van der Waals surface area contributed by atoms with Gasteiger partial charge in [-0.05, 0) is 25.1 Å². The van der Waals surface area contributed by atoms with Gasteiger partial charge in [-0.2, -0.15) is 0 Å². The number of amides is 2. The van der Waals surface area contributed by atoms with Crippen molar-refractivity contribution in [1.29, 1.82) is 0 Å². The highest BCUT2D eigenvalue weighted by Gasteiger charge is 2.27. The SMILES string of the molecule is Cc1occc1C(=O)N1CCN(C(=O)c2cccc(Cl)c2Cl)CC1. The summed E-state index contributed by atoms with van der Waals surface area (Å²) in [6, 6.07) is 6.66. The molecular formula is C17H16Cl2N2O3. The molecule has 0 atom stereocenters. The van der Waals surface area contributed by atoms with E-state index < -0.39 is 0 Å². The number of hydrogen-bond donors (Lipinski definition) is 0. The predicted molar refractivity (Wildman–Crippen MR) is 91.7 cm³/mol. The molecule has 1 aliphatic rings. The molecule has 3 rings (SSSR count). The highest BCUT2D eigenvalue weighted by atomic mass is 35.5. The van der Waals surface area contributed by atoms with Gasteiger partial charge in [-0.15, -0.1) is 0 Å². The molecule has 0 unspecified atom stereocenters. The molecule has 0 radical (unpaired) electrons. The van der Waals surface area contributed by atoms with Crippen LogP contribution in [0.2, 0.25) is 10.0 Å². The van der Waals surface area contributed by atoms with Crippen LogP contribution in [0.1, 0.15) is 26.5 Å². The number of furan rings is 1. The fourth-order valence-electron chi connectivity index (χ4n) is 2.73. The molecule has 1 fully saturated rings. The Labute approximate surface area is 149 Å². The van der Waals surface area contributed by atoms with Gasteiger partial charge in [0.05, 0.1) is 27.4 Å². The number of piperazine rings is 1. The molecule has 0 saturated carbocycles. The second kappa shape index (κ2) is 6.87. The molecule has 5 nitrogen and oxygen atoms in total. The van der Waals surface area contributed by atoms with E-state index in [2.05, 4.69) is 0 Å². The summed E-state index contributed by atoms with van der Waals surface area (Å²) in [4.78, 5) is 28.5. The fraction of sp³-hybridized carbons (Fsp3) is 0.294. The Hall–Kier alpha value is -1.98. The first-order valence-electron chi connectivity index (χ1n) is 7.55. The third kappa shape index (κ3) is 3.14. The quantitative estimate of drug-likeness (QED) is 0.817. The van der Waals surface area contributed by atoms with Crippen LogP contribution in [-0.2, 0) is 0 Å². The number of carbonyl (C=O) groups excluding carboxylic acids is 2. The van der Waals surface area contributed by atoms with Crippen molar-refractivity contribution in [1.82, 2.24) is 9.80 Å². The van der Waals surface area contributed by atoms with Gasteiger partial charge >= 0.3 is 0 Å². The second-order valence-electron chi connectivity index (χ2n) is 5.58. The molecule has 0 aliphatic carbocycles. The van der Waals surface area contributed by atoms with E-state index in [9.17, 15) is 9.59 Å². The zero-order chi connectivity index (χ0) is 17.3. The van der Waals surface area contributed by atoms with Crippen LogP contribution < -0.4 is 0 Å². The van der Waals surface area contributed by atoms with Crippen LogP contribution in [0.15, 0.2) is 34.9 Å². The van der Waals surface area contributed by atoms with Crippen molar-refractivity contribution in [3.05, 3.63) is 57.5 Å². The van der Waals surface area contributed by atoms with E-state index in [1.165, 1.54) is 6.26 Å². The van der Waals surface area contributed by atoms with Crippen molar-refractivity contribution < 1.29 is 14.0 Å². The van der Waals surface area contributed by atoms with E-state index in [1.807, 2.05) is 0 Å². The van der Waals surface area contributed by atoms with Crippen LogP contribution in [0, 0.1) is 6.92 Å². The lowest BCUT2D eigenvalue weighted by Crippen LogP contribution is -2.50. The first-order chi connectivity index (χ1) is 11.5. The summed E-state index contributed by atoms with van der Waals surface area (Å²) in [6.45, 7) is 3.59. The fourth-order valence-corrected chi connectivity index (χ4v) is 3.11. The maximum Gasteiger partial charge on any atom is 0.257 e. The molecule has 2 heterocycles. The second-order valence-corrected chi connectivity index (χ2v) is 6.36. The summed E-state index contributed by atoms with van der Waals surface area (Å²) < 4.78 is 5.18. The minimum Gasteiger partial charge on any atom is -0.469 e. The van der Waals surface area contributed by atoms with Gasteiger partial charge in [0.25, 0.3) is 11.8 Å². The van der Waals surface area contributed by atoms with E-state index in [0.29, 0.717) is 48.1 Å². The maximum absolute atomic E-state index is 12.6. The van der Waals surface area contributed by atoms with Crippen molar-refractivity contribution in [2.24, 2.45) is 0 Å². The average molecular weight is 367 g/mol. The Kier molecular flexibility index (Phi) is 4.83. The van der Waals surface area contributed by atoms with Crippen molar-refractivity contribution >= 4 is 35.0 Å². The summed E-state index contributed by atoms with van der Waals surface area (Å²) in [6.07, 6.45) is 1.50. The van der Waals surface area contributed by atoms with E-state index in [4.69, 9.17) is 27.6 Å². The van der Waals surface area contributed by atoms with Crippen LogP contribution >= 0.6 is 23.2 Å². The molecule has 2 aromatic rings. The largest absolute Gasteiger partial charge is 0.469 e. The minimum atomic E-state index is -0.172. The Morgan fingerprint density at radius 3 is 2.08 bits per heavy atom. The number of nitrogens with zero attached hydrogens (tertiary/aromatic N) is 2. The van der Waals surface area contributed by atoms with Crippen molar-refractivity contribution in [2.75, 3.05) is 26.2 Å². The molecule has 0 N–H and O–H groups in total. The number of rotatable bonds is 2. The van der Waals surface area contributed by atoms with Gasteiger partial charge in [-0.3, -0.25) is 9.59 Å². The highest BCUT2D eigenvalue weighted by Crippen LogP contribution is 2.27. The van der Waals surface area contributed by atoms with Gasteiger partial charge < -0.3 is 14.2 Å². The van der Waals surface area contributed by atoms with E-state index in [0.717, 1.165) is 0 Å². The number of carbonyl (C=O) groups is 2. The first kappa shape index (κ1) is 16.9. The average Bonchev–Trinajstić information content (AvgIpc) is 3.02. The highest BCUT2D eigenvalue weighted by molar-refractivity contribution is 6.43. The van der Waals surface area contributed by atoms with Crippen LogP contribution in [0.25, 0.3) is 0 Å². The lowest BCUT2D eigenvalue weighted by molar-refractivity contribution is 0.0534. The van der Waals surface area contributed by atoms with E-state index in [1.54, 1.807) is 41.0 Å². The first-order valence-corrected chi connectivity index (χ1v) is 8.31. The van der Waals surface area contributed by atoms with Crippen LogP contribution in [0.5, 0.6) is 0 Å². The van der Waals surface area contributed by atoms with Gasteiger partial charge in [-0.25, -0.2) is 0 Å². The summed E-state index contributed by atoms with van der Waals surface area (Å²) in [7, 11) is 0. The Bertz CT molecular complexity index is 780. The Morgan fingerprint density at radius 1 is 0.958 bits per heavy atom. The van der Waals surface area contributed by atoms with Gasteiger partial charge in [0.15, 0.2) is 0 Å². The zero-order valence-electron chi connectivity index (χ0n) is 13.1. The normalized spacial score (nSPS) is 14.8. The molecular weight excluding hydrogens is 351 g/mol. The molecule has 7 heteroatoms. The molecule has 1 aromatic heterocycles. The molecule has 0 bridgehead atoms. The number of halogens is 2.